The second-order valence-electron chi connectivity index (χ2n) is 5.95. The lowest BCUT2D eigenvalue weighted by molar-refractivity contribution is -0.136. The molecule has 0 saturated carbocycles. The lowest BCUT2D eigenvalue weighted by Crippen LogP contribution is -2.37. The van der Waals surface area contributed by atoms with Crippen LogP contribution >= 0.6 is 0 Å². The molecule has 0 aliphatic carbocycles. The Bertz CT molecular complexity index is 745. The van der Waals surface area contributed by atoms with Gasteiger partial charge in [0.05, 0.1) is 22.8 Å². The molecule has 1 N–H and O–H groups in total. The van der Waals surface area contributed by atoms with Gasteiger partial charge in [-0.25, -0.2) is 4.79 Å². The van der Waals surface area contributed by atoms with Gasteiger partial charge in [0, 0.05) is 12.6 Å². The van der Waals surface area contributed by atoms with Crippen molar-refractivity contribution in [3.05, 3.63) is 34.2 Å². The number of aromatic amines is 1. The maximum Gasteiger partial charge on any atom is 0.418 e. The highest BCUT2D eigenvalue weighted by atomic mass is 19.4. The third-order valence-corrected chi connectivity index (χ3v) is 4.28. The number of nitrogens with one attached hydrogen (secondary N) is 1. The van der Waals surface area contributed by atoms with E-state index >= 15 is 0 Å². The Hall–Kier alpha value is -1.76. The van der Waals surface area contributed by atoms with Crippen LogP contribution in [0.1, 0.15) is 38.4 Å². The fraction of sp³-hybridized carbons (Fsp3) is 0.533. The van der Waals surface area contributed by atoms with E-state index in [1.165, 1.54) is 10.6 Å². The molecule has 3 rings (SSSR count). The van der Waals surface area contributed by atoms with Crippen LogP contribution in [-0.4, -0.2) is 27.0 Å². The molecule has 1 aliphatic heterocycles. The van der Waals surface area contributed by atoms with Crippen molar-refractivity contribution in [3.63, 3.8) is 0 Å². The Balaban J connectivity index is 2.20. The Morgan fingerprint density at radius 3 is 2.68 bits per heavy atom. The van der Waals surface area contributed by atoms with E-state index < -0.39 is 17.4 Å². The Labute approximate surface area is 125 Å². The van der Waals surface area contributed by atoms with Crippen molar-refractivity contribution in [2.24, 2.45) is 0 Å². The van der Waals surface area contributed by atoms with Crippen LogP contribution in [0.5, 0.6) is 0 Å². The number of benzene rings is 1. The summed E-state index contributed by atoms with van der Waals surface area (Å²) in [4.78, 5) is 16.8. The van der Waals surface area contributed by atoms with Gasteiger partial charge < -0.3 is 4.98 Å². The lowest BCUT2D eigenvalue weighted by atomic mass is 10.1. The first-order chi connectivity index (χ1) is 10.3. The number of halogens is 3. The number of alkyl halides is 3. The van der Waals surface area contributed by atoms with Gasteiger partial charge in [-0.15, -0.1) is 0 Å². The van der Waals surface area contributed by atoms with Crippen molar-refractivity contribution < 1.29 is 13.2 Å². The van der Waals surface area contributed by atoms with Crippen molar-refractivity contribution in [1.29, 1.82) is 0 Å². The number of hydrogen-bond acceptors (Lipinski definition) is 2. The topological polar surface area (TPSA) is 41.0 Å². The van der Waals surface area contributed by atoms with Crippen LogP contribution in [0, 0.1) is 0 Å². The first kappa shape index (κ1) is 15.1. The van der Waals surface area contributed by atoms with Crippen molar-refractivity contribution in [3.8, 4) is 0 Å². The highest BCUT2D eigenvalue weighted by molar-refractivity contribution is 5.79. The Kier molecular flexibility index (Phi) is 3.55. The first-order valence-electron chi connectivity index (χ1n) is 7.37. The number of imidazole rings is 1. The lowest BCUT2D eigenvalue weighted by Gasteiger charge is -2.29. The number of H-pyrrole nitrogens is 1. The van der Waals surface area contributed by atoms with Crippen LogP contribution in [0.4, 0.5) is 13.2 Å². The van der Waals surface area contributed by atoms with E-state index in [1.807, 2.05) is 13.8 Å². The van der Waals surface area contributed by atoms with Crippen molar-refractivity contribution in [2.75, 3.05) is 6.54 Å². The highest BCUT2D eigenvalue weighted by Crippen LogP contribution is 2.36. The summed E-state index contributed by atoms with van der Waals surface area (Å²) in [6.45, 7) is 4.90. The molecule has 1 aromatic carbocycles. The van der Waals surface area contributed by atoms with Gasteiger partial charge in [0.1, 0.15) is 0 Å². The highest BCUT2D eigenvalue weighted by Gasteiger charge is 2.36. The minimum atomic E-state index is -4.48. The van der Waals surface area contributed by atoms with E-state index in [2.05, 4.69) is 9.88 Å². The Morgan fingerprint density at radius 2 is 2.05 bits per heavy atom. The predicted molar refractivity (Wildman–Crippen MR) is 77.7 cm³/mol. The molecule has 22 heavy (non-hydrogen) atoms. The summed E-state index contributed by atoms with van der Waals surface area (Å²) in [5, 5.41) is 0. The zero-order valence-electron chi connectivity index (χ0n) is 12.4. The van der Waals surface area contributed by atoms with E-state index in [9.17, 15) is 18.0 Å². The third kappa shape index (κ3) is 2.33. The second kappa shape index (κ2) is 5.15. The molecule has 0 bridgehead atoms. The van der Waals surface area contributed by atoms with E-state index in [0.29, 0.717) is 5.52 Å². The monoisotopic (exact) mass is 313 g/mol. The summed E-state index contributed by atoms with van der Waals surface area (Å²) < 4.78 is 40.8. The summed E-state index contributed by atoms with van der Waals surface area (Å²) in [6.07, 6.45) is -2.98. The molecule has 0 radical (unpaired) electrons. The fourth-order valence-electron chi connectivity index (χ4n) is 3.33. The summed E-state index contributed by atoms with van der Waals surface area (Å²) in [5.74, 6) is 0. The minimum Gasteiger partial charge on any atom is -0.305 e. The molecular formula is C15H18F3N3O. The predicted octanol–water partition coefficient (Wildman–Crippen LogP) is 3.35. The third-order valence-electron chi connectivity index (χ3n) is 4.28. The minimum absolute atomic E-state index is 0.129. The molecule has 7 heteroatoms. The van der Waals surface area contributed by atoms with Crippen molar-refractivity contribution >= 4 is 11.0 Å². The smallest absolute Gasteiger partial charge is 0.305 e. The maximum atomic E-state index is 13.1. The zero-order chi connectivity index (χ0) is 16.1. The summed E-state index contributed by atoms with van der Waals surface area (Å²) in [5.41, 5.74) is -1.09. The summed E-state index contributed by atoms with van der Waals surface area (Å²) in [7, 11) is 0. The number of rotatable bonds is 2. The van der Waals surface area contributed by atoms with Gasteiger partial charge in [-0.05, 0) is 38.8 Å². The molecule has 1 atom stereocenters. The molecule has 0 spiro atoms. The maximum absolute atomic E-state index is 13.1. The van der Waals surface area contributed by atoms with Crippen LogP contribution < -0.4 is 5.69 Å². The second-order valence-corrected chi connectivity index (χ2v) is 5.95. The zero-order valence-corrected chi connectivity index (χ0v) is 12.4. The molecule has 2 heterocycles. The molecule has 4 nitrogen and oxygen atoms in total. The molecule has 120 valence electrons. The van der Waals surface area contributed by atoms with Crippen LogP contribution in [-0.2, 0) is 6.18 Å². The number of para-hydroxylation sites is 1. The van der Waals surface area contributed by atoms with Gasteiger partial charge in [-0.2, -0.15) is 13.2 Å². The Morgan fingerprint density at radius 1 is 1.32 bits per heavy atom. The van der Waals surface area contributed by atoms with Gasteiger partial charge in [0.25, 0.3) is 0 Å². The first-order valence-corrected chi connectivity index (χ1v) is 7.37. The van der Waals surface area contributed by atoms with Crippen molar-refractivity contribution in [1.82, 2.24) is 14.5 Å². The van der Waals surface area contributed by atoms with Crippen LogP contribution in [0.25, 0.3) is 11.0 Å². The molecule has 0 amide bonds. The van der Waals surface area contributed by atoms with Crippen LogP contribution in [0.2, 0.25) is 0 Å². The number of likely N-dealkylation sites (tertiary alicyclic amines) is 1. The molecular weight excluding hydrogens is 295 g/mol. The standard InChI is InChI=1S/C15H18F3N3O/c1-9(2)20-8-4-7-12(20)21-11-6-3-5-10(15(16,17)18)13(11)19-14(21)22/h3,5-6,9,12H,4,7-8H2,1-2H3,(H,19,22). The average Bonchev–Trinajstić information content (AvgIpc) is 2.99. The summed E-state index contributed by atoms with van der Waals surface area (Å²) in [6, 6.07) is 4.15. The fourth-order valence-corrected chi connectivity index (χ4v) is 3.33. The number of hydrogen-bond donors (Lipinski definition) is 1. The van der Waals surface area contributed by atoms with Crippen molar-refractivity contribution in [2.45, 2.75) is 45.1 Å². The molecule has 1 fully saturated rings. The summed E-state index contributed by atoms with van der Waals surface area (Å²) >= 11 is 0. The van der Waals surface area contributed by atoms with Gasteiger partial charge in [0.15, 0.2) is 0 Å². The molecule has 1 aromatic heterocycles. The van der Waals surface area contributed by atoms with Crippen LogP contribution in [0.15, 0.2) is 23.0 Å². The van der Waals surface area contributed by atoms with Gasteiger partial charge >= 0.3 is 11.9 Å². The largest absolute Gasteiger partial charge is 0.418 e. The van der Waals surface area contributed by atoms with E-state index in [1.54, 1.807) is 6.07 Å². The quantitative estimate of drug-likeness (QED) is 0.924. The molecule has 1 saturated heterocycles. The van der Waals surface area contributed by atoms with Gasteiger partial charge in [-0.3, -0.25) is 9.47 Å². The normalized spacial score (nSPS) is 20.4. The van der Waals surface area contributed by atoms with E-state index in [0.717, 1.165) is 25.5 Å². The van der Waals surface area contributed by atoms with Gasteiger partial charge in [-0.1, -0.05) is 6.07 Å². The average molecular weight is 313 g/mol. The number of aromatic nitrogens is 2. The van der Waals surface area contributed by atoms with Crippen LogP contribution in [0.3, 0.4) is 0 Å². The molecule has 1 aliphatic rings. The van der Waals surface area contributed by atoms with E-state index in [-0.39, 0.29) is 17.7 Å². The number of fused-ring (bicyclic) bond motifs is 1. The van der Waals surface area contributed by atoms with Gasteiger partial charge in [0.2, 0.25) is 0 Å². The SMILES string of the molecule is CC(C)N1CCCC1n1c(=O)[nH]c2c(C(F)(F)F)cccc21. The van der Waals surface area contributed by atoms with E-state index in [4.69, 9.17) is 0 Å². The number of nitrogens with zero attached hydrogens (tertiary/aromatic N) is 2. The molecule has 1 unspecified atom stereocenters. The molecule has 2 aromatic rings.